The van der Waals surface area contributed by atoms with Crippen LogP contribution >= 0.6 is 15.9 Å². The number of carbonyl (C=O) groups excluding carboxylic acids is 1. The lowest BCUT2D eigenvalue weighted by Crippen LogP contribution is -2.33. The van der Waals surface area contributed by atoms with Crippen molar-refractivity contribution in [1.29, 1.82) is 0 Å². The van der Waals surface area contributed by atoms with Gasteiger partial charge in [-0.1, -0.05) is 4.52 Å². The number of rotatable bonds is 1. The van der Waals surface area contributed by atoms with Gasteiger partial charge in [0, 0.05) is 13.0 Å². The molecule has 0 aromatic carbocycles. The number of carbonyl (C=O) groups is 1. The zero-order valence-electron chi connectivity index (χ0n) is 8.36. The van der Waals surface area contributed by atoms with Crippen LogP contribution in [-0.2, 0) is 0 Å². The third-order valence-corrected chi connectivity index (χ3v) is 2.99. The zero-order chi connectivity index (χ0) is 11.2. The molecule has 5 heteroatoms. The molecule has 0 aliphatic carbocycles. The summed E-state index contributed by atoms with van der Waals surface area (Å²) in [7, 11) is 0. The quantitative estimate of drug-likeness (QED) is 0.618. The van der Waals surface area contributed by atoms with E-state index in [-0.39, 0.29) is 11.5 Å². The van der Waals surface area contributed by atoms with Gasteiger partial charge in [0.1, 0.15) is 10.2 Å². The zero-order valence-corrected chi connectivity index (χ0v) is 9.95. The van der Waals surface area contributed by atoms with Crippen molar-refractivity contribution in [3.8, 4) is 0 Å². The van der Waals surface area contributed by atoms with Crippen LogP contribution in [0.2, 0.25) is 0 Å². The molecule has 4 nitrogen and oxygen atoms in total. The SMILES string of the molecule is CC(=O)c1c(Br)/c(=C(\C)O)n2ccc[n+]12. The number of ketones is 1. The predicted molar refractivity (Wildman–Crippen MR) is 57.7 cm³/mol. The van der Waals surface area contributed by atoms with Gasteiger partial charge in [-0.2, -0.15) is 0 Å². The van der Waals surface area contributed by atoms with Crippen LogP contribution in [0.5, 0.6) is 0 Å². The van der Waals surface area contributed by atoms with Gasteiger partial charge in [0.05, 0.1) is 6.20 Å². The molecule has 0 radical (unpaired) electrons. The van der Waals surface area contributed by atoms with Crippen molar-refractivity contribution in [3.05, 3.63) is 34.0 Å². The molecule has 0 amide bonds. The van der Waals surface area contributed by atoms with Crippen molar-refractivity contribution >= 4 is 27.5 Å². The van der Waals surface area contributed by atoms with Crippen LogP contribution in [0.4, 0.5) is 0 Å². The van der Waals surface area contributed by atoms with Gasteiger partial charge in [-0.3, -0.25) is 4.79 Å². The number of fused-ring (bicyclic) bond motifs is 1. The molecule has 0 aliphatic rings. The van der Waals surface area contributed by atoms with E-state index in [1.54, 1.807) is 28.3 Å². The van der Waals surface area contributed by atoms with E-state index >= 15 is 0 Å². The van der Waals surface area contributed by atoms with Gasteiger partial charge in [0.15, 0.2) is 5.35 Å². The highest BCUT2D eigenvalue weighted by Crippen LogP contribution is 2.09. The Bertz CT molecular complexity index is 596. The Kier molecular flexibility index (Phi) is 2.26. The number of hydrogen-bond donors (Lipinski definition) is 1. The van der Waals surface area contributed by atoms with Crippen LogP contribution in [0.15, 0.2) is 22.9 Å². The number of nitrogens with zero attached hydrogens (tertiary/aromatic N) is 2. The number of halogens is 1. The summed E-state index contributed by atoms with van der Waals surface area (Å²) < 4.78 is 4.04. The van der Waals surface area contributed by atoms with E-state index in [2.05, 4.69) is 15.9 Å². The summed E-state index contributed by atoms with van der Waals surface area (Å²) in [5.41, 5.74) is 0.531. The molecule has 0 fully saturated rings. The van der Waals surface area contributed by atoms with E-state index in [1.165, 1.54) is 6.92 Å². The first-order valence-corrected chi connectivity index (χ1v) is 5.24. The van der Waals surface area contributed by atoms with Gasteiger partial charge in [-0.05, 0) is 22.9 Å². The van der Waals surface area contributed by atoms with Crippen molar-refractivity contribution in [3.63, 3.8) is 0 Å². The van der Waals surface area contributed by atoms with Crippen molar-refractivity contribution < 1.29 is 14.4 Å². The molecule has 0 saturated carbocycles. The molecule has 0 unspecified atom stereocenters. The summed E-state index contributed by atoms with van der Waals surface area (Å²) >= 11 is 3.33. The maximum Gasteiger partial charge on any atom is 0.295 e. The summed E-state index contributed by atoms with van der Waals surface area (Å²) in [5.74, 6) is 0.117. The summed E-state index contributed by atoms with van der Waals surface area (Å²) in [5, 5.41) is 10.2. The van der Waals surface area contributed by atoms with E-state index < -0.39 is 0 Å². The Hall–Kier alpha value is -1.36. The van der Waals surface area contributed by atoms with Gasteiger partial charge >= 0.3 is 0 Å². The minimum absolute atomic E-state index is 0.0527. The summed E-state index contributed by atoms with van der Waals surface area (Å²) in [6, 6.07) is 1.81. The maximum absolute atomic E-state index is 11.5. The lowest BCUT2D eigenvalue weighted by atomic mass is 10.3. The second kappa shape index (κ2) is 3.34. The molecule has 2 aromatic heterocycles. The number of aromatic nitrogens is 2. The molecule has 0 atom stereocenters. The lowest BCUT2D eigenvalue weighted by molar-refractivity contribution is -0.615. The fourth-order valence-electron chi connectivity index (χ4n) is 1.66. The number of aliphatic hydroxyl groups is 1. The highest BCUT2D eigenvalue weighted by molar-refractivity contribution is 9.10. The predicted octanol–water partition coefficient (Wildman–Crippen LogP) is 0.895. The summed E-state index contributed by atoms with van der Waals surface area (Å²) in [6.45, 7) is 3.08. The molecule has 1 N–H and O–H groups in total. The minimum Gasteiger partial charge on any atom is -0.510 e. The van der Waals surface area contributed by atoms with Crippen molar-refractivity contribution in [1.82, 2.24) is 4.52 Å². The monoisotopic (exact) mass is 269 g/mol. The third-order valence-electron chi connectivity index (χ3n) is 2.24. The summed E-state index contributed by atoms with van der Waals surface area (Å²) in [6.07, 6.45) is 3.56. The highest BCUT2D eigenvalue weighted by Gasteiger charge is 2.25. The Morgan fingerprint density at radius 1 is 1.53 bits per heavy atom. The molecule has 2 rings (SSSR count). The second-order valence-corrected chi connectivity index (χ2v) is 4.13. The van der Waals surface area contributed by atoms with Crippen molar-refractivity contribution in [2.75, 3.05) is 0 Å². The molecule has 0 bridgehead atoms. The van der Waals surface area contributed by atoms with Gasteiger partial charge < -0.3 is 5.11 Å². The largest absolute Gasteiger partial charge is 0.510 e. The van der Waals surface area contributed by atoms with E-state index in [0.717, 1.165) is 0 Å². The van der Waals surface area contributed by atoms with Crippen LogP contribution in [0.1, 0.15) is 24.3 Å². The second-order valence-electron chi connectivity index (χ2n) is 3.33. The standard InChI is InChI=1S/C10H9BrN2O2/c1-6(14)9-8(11)10(7(2)15)13-5-3-4-12(9)13/h3-5H,1-2H3/p+1. The topological polar surface area (TPSA) is 45.8 Å². The van der Waals surface area contributed by atoms with Crippen LogP contribution in [0.25, 0.3) is 5.76 Å². The van der Waals surface area contributed by atoms with Crippen LogP contribution < -0.4 is 9.86 Å². The lowest BCUT2D eigenvalue weighted by Gasteiger charge is -1.84. The van der Waals surface area contributed by atoms with E-state index in [0.29, 0.717) is 15.5 Å². The third kappa shape index (κ3) is 1.34. The molecule has 0 spiro atoms. The van der Waals surface area contributed by atoms with Crippen LogP contribution in [0, 0.1) is 0 Å². The van der Waals surface area contributed by atoms with Crippen molar-refractivity contribution in [2.24, 2.45) is 0 Å². The molecule has 2 heterocycles. The Morgan fingerprint density at radius 3 is 2.73 bits per heavy atom. The van der Waals surface area contributed by atoms with Gasteiger partial charge in [-0.15, -0.1) is 4.52 Å². The molecule has 0 saturated heterocycles. The first-order valence-electron chi connectivity index (χ1n) is 4.45. The Balaban J connectivity index is 3.07. The first kappa shape index (κ1) is 10.2. The smallest absolute Gasteiger partial charge is 0.295 e. The summed E-state index contributed by atoms with van der Waals surface area (Å²) in [4.78, 5) is 11.5. The minimum atomic E-state index is -0.0527. The van der Waals surface area contributed by atoms with Gasteiger partial charge in [0.2, 0.25) is 12.0 Å². The van der Waals surface area contributed by atoms with E-state index in [4.69, 9.17) is 0 Å². The normalized spacial score (nSPS) is 13.3. The Labute approximate surface area is 94.5 Å². The average molecular weight is 270 g/mol. The average Bonchev–Trinajstić information content (AvgIpc) is 2.60. The fraction of sp³-hybridized carbons (Fsp3) is 0.200. The molecule has 2 aromatic rings. The highest BCUT2D eigenvalue weighted by atomic mass is 79.9. The number of hydrogen-bond acceptors (Lipinski definition) is 2. The molecular weight excluding hydrogens is 260 g/mol. The molecule has 15 heavy (non-hydrogen) atoms. The van der Waals surface area contributed by atoms with Gasteiger partial charge in [-0.25, -0.2) is 0 Å². The molecule has 78 valence electrons. The van der Waals surface area contributed by atoms with E-state index in [1.807, 2.05) is 6.07 Å². The Morgan fingerprint density at radius 2 is 2.20 bits per heavy atom. The molecular formula is C10H10BrN2O2+. The molecule has 0 aliphatic heterocycles. The fourth-order valence-corrected chi connectivity index (χ4v) is 2.59. The van der Waals surface area contributed by atoms with Gasteiger partial charge in [0.25, 0.3) is 5.69 Å². The van der Waals surface area contributed by atoms with E-state index in [9.17, 15) is 9.90 Å². The van der Waals surface area contributed by atoms with Crippen LogP contribution in [0.3, 0.4) is 0 Å². The van der Waals surface area contributed by atoms with Crippen LogP contribution in [-0.4, -0.2) is 15.4 Å². The van der Waals surface area contributed by atoms with Crippen molar-refractivity contribution in [2.45, 2.75) is 13.8 Å². The number of aliphatic hydroxyl groups excluding tert-OH is 1. The number of Topliss-reactive ketones (excluding diaryl/α,β-unsaturated/α-hetero) is 1. The first-order chi connectivity index (χ1) is 7.04. The maximum atomic E-state index is 11.5.